The lowest BCUT2D eigenvalue weighted by Gasteiger charge is -2.04. The molecule has 102 valence electrons. The fourth-order valence-electron chi connectivity index (χ4n) is 1.97. The molecule has 0 bridgehead atoms. The van der Waals surface area contributed by atoms with Gasteiger partial charge in [-0.15, -0.1) is 0 Å². The maximum atomic E-state index is 11.8. The second-order valence-corrected chi connectivity index (χ2v) is 5.03. The van der Waals surface area contributed by atoms with Crippen LogP contribution in [0.25, 0.3) is 5.65 Å². The number of carbonyl (C=O) groups is 1. The minimum absolute atomic E-state index is 0.147. The highest BCUT2D eigenvalue weighted by molar-refractivity contribution is 9.10. The smallest absolute Gasteiger partial charge is 0.374 e. The Hall–Kier alpha value is -2.08. The van der Waals surface area contributed by atoms with Crippen LogP contribution in [0.15, 0.2) is 45.6 Å². The molecule has 20 heavy (non-hydrogen) atoms. The number of nitrogens with zero attached hydrogens (tertiary/aromatic N) is 2. The summed E-state index contributed by atoms with van der Waals surface area (Å²) in [6, 6.07) is 8.94. The van der Waals surface area contributed by atoms with Crippen LogP contribution in [0.5, 0.6) is 0 Å². The van der Waals surface area contributed by atoms with Crippen molar-refractivity contribution in [1.29, 1.82) is 0 Å². The number of furan rings is 1. The van der Waals surface area contributed by atoms with Crippen LogP contribution in [0, 0.1) is 6.92 Å². The van der Waals surface area contributed by atoms with E-state index >= 15 is 0 Å². The van der Waals surface area contributed by atoms with Crippen LogP contribution in [0.4, 0.5) is 0 Å². The molecule has 0 amide bonds. The molecule has 0 radical (unpaired) electrons. The van der Waals surface area contributed by atoms with Crippen molar-refractivity contribution in [2.24, 2.45) is 0 Å². The Morgan fingerprint density at radius 2 is 2.25 bits per heavy atom. The summed E-state index contributed by atoms with van der Waals surface area (Å²) in [5.41, 5.74) is 2.51. The monoisotopic (exact) mass is 334 g/mol. The number of esters is 1. The van der Waals surface area contributed by atoms with Gasteiger partial charge in [-0.1, -0.05) is 6.07 Å². The molecule has 0 aromatic carbocycles. The van der Waals surface area contributed by atoms with Crippen molar-refractivity contribution >= 4 is 27.5 Å². The van der Waals surface area contributed by atoms with E-state index in [9.17, 15) is 4.79 Å². The van der Waals surface area contributed by atoms with E-state index in [0.717, 1.165) is 17.0 Å². The van der Waals surface area contributed by atoms with E-state index in [2.05, 4.69) is 20.9 Å². The Kier molecular flexibility index (Phi) is 3.31. The van der Waals surface area contributed by atoms with E-state index in [4.69, 9.17) is 9.15 Å². The van der Waals surface area contributed by atoms with Crippen LogP contribution in [0.1, 0.15) is 21.9 Å². The maximum Gasteiger partial charge on any atom is 0.374 e. The van der Waals surface area contributed by atoms with Crippen LogP contribution in [-0.4, -0.2) is 15.4 Å². The Labute approximate surface area is 123 Å². The predicted molar refractivity (Wildman–Crippen MR) is 75.5 cm³/mol. The quantitative estimate of drug-likeness (QED) is 0.689. The number of pyridine rings is 1. The first-order valence-electron chi connectivity index (χ1n) is 6.00. The van der Waals surface area contributed by atoms with Crippen LogP contribution < -0.4 is 0 Å². The number of rotatable bonds is 3. The van der Waals surface area contributed by atoms with Crippen molar-refractivity contribution in [3.05, 3.63) is 58.3 Å². The number of hydrogen-bond donors (Lipinski definition) is 0. The molecule has 3 aromatic heterocycles. The van der Waals surface area contributed by atoms with E-state index in [1.54, 1.807) is 12.1 Å². The summed E-state index contributed by atoms with van der Waals surface area (Å²) in [6.07, 6.45) is 1.89. The van der Waals surface area contributed by atoms with Gasteiger partial charge in [-0.3, -0.25) is 0 Å². The van der Waals surface area contributed by atoms with Gasteiger partial charge < -0.3 is 13.6 Å². The number of carbonyl (C=O) groups excluding carboxylic acids is 1. The third kappa shape index (κ3) is 2.34. The molecule has 5 nitrogen and oxygen atoms in total. The molecular formula is C14H11BrN2O3. The molecule has 0 saturated carbocycles. The normalized spacial score (nSPS) is 10.9. The van der Waals surface area contributed by atoms with Gasteiger partial charge in [-0.2, -0.15) is 0 Å². The lowest BCUT2D eigenvalue weighted by Crippen LogP contribution is -2.06. The highest BCUT2D eigenvalue weighted by Gasteiger charge is 2.15. The third-order valence-electron chi connectivity index (χ3n) is 2.94. The fraction of sp³-hybridized carbons (Fsp3) is 0.143. The topological polar surface area (TPSA) is 56.7 Å². The van der Waals surface area contributed by atoms with Crippen molar-refractivity contribution < 1.29 is 13.9 Å². The SMILES string of the molecule is Cc1nc2ccccn2c1COC(=O)c1ccc(Br)o1. The number of aromatic nitrogens is 2. The number of aryl methyl sites for hydroxylation is 1. The number of fused-ring (bicyclic) bond motifs is 1. The van der Waals surface area contributed by atoms with Gasteiger partial charge in [0.05, 0.1) is 11.4 Å². The Morgan fingerprint density at radius 3 is 3.00 bits per heavy atom. The van der Waals surface area contributed by atoms with Crippen LogP contribution in [0.2, 0.25) is 0 Å². The van der Waals surface area contributed by atoms with E-state index in [0.29, 0.717) is 4.67 Å². The first-order valence-corrected chi connectivity index (χ1v) is 6.79. The van der Waals surface area contributed by atoms with Gasteiger partial charge in [-0.05, 0) is 47.1 Å². The summed E-state index contributed by atoms with van der Waals surface area (Å²) in [6.45, 7) is 2.04. The molecule has 0 spiro atoms. The first kappa shape index (κ1) is 12.9. The Bertz CT molecular complexity index is 776. The largest absolute Gasteiger partial charge is 0.453 e. The maximum absolute atomic E-state index is 11.8. The standard InChI is InChI=1S/C14H11BrN2O3/c1-9-10(17-7-3-2-4-13(17)16-9)8-19-14(18)11-5-6-12(15)20-11/h2-7H,8H2,1H3. The summed E-state index contributed by atoms with van der Waals surface area (Å²) in [5, 5.41) is 0. The summed E-state index contributed by atoms with van der Waals surface area (Å²) < 4.78 is 12.8. The van der Waals surface area contributed by atoms with E-state index in [1.807, 2.05) is 35.7 Å². The van der Waals surface area contributed by atoms with Gasteiger partial charge in [0.15, 0.2) is 4.67 Å². The molecule has 0 aliphatic heterocycles. The van der Waals surface area contributed by atoms with E-state index in [1.165, 1.54) is 0 Å². The molecule has 0 aliphatic rings. The zero-order valence-electron chi connectivity index (χ0n) is 10.7. The van der Waals surface area contributed by atoms with Crippen molar-refractivity contribution in [3.63, 3.8) is 0 Å². The lowest BCUT2D eigenvalue weighted by molar-refractivity contribution is 0.0428. The fourth-order valence-corrected chi connectivity index (χ4v) is 2.27. The molecule has 0 fully saturated rings. The van der Waals surface area contributed by atoms with Gasteiger partial charge in [-0.25, -0.2) is 9.78 Å². The number of imidazole rings is 1. The molecular weight excluding hydrogens is 324 g/mol. The van der Waals surface area contributed by atoms with Crippen LogP contribution in [0.3, 0.4) is 0 Å². The molecule has 0 unspecified atom stereocenters. The number of ether oxygens (including phenoxy) is 1. The molecule has 0 atom stereocenters. The molecule has 3 rings (SSSR count). The second kappa shape index (κ2) is 5.13. The Morgan fingerprint density at radius 1 is 1.40 bits per heavy atom. The van der Waals surface area contributed by atoms with Crippen molar-refractivity contribution in [2.75, 3.05) is 0 Å². The first-order chi connectivity index (χ1) is 9.65. The minimum atomic E-state index is -0.499. The molecule has 3 aromatic rings. The minimum Gasteiger partial charge on any atom is -0.453 e. The predicted octanol–water partition coefficient (Wildman–Crippen LogP) is 3.36. The third-order valence-corrected chi connectivity index (χ3v) is 3.37. The summed E-state index contributed by atoms with van der Waals surface area (Å²) in [4.78, 5) is 16.2. The zero-order valence-corrected chi connectivity index (χ0v) is 12.3. The molecule has 3 heterocycles. The van der Waals surface area contributed by atoms with Gasteiger partial charge >= 0.3 is 5.97 Å². The molecule has 0 saturated heterocycles. The van der Waals surface area contributed by atoms with Gasteiger partial charge in [0.25, 0.3) is 0 Å². The van der Waals surface area contributed by atoms with Gasteiger partial charge in [0, 0.05) is 6.20 Å². The highest BCUT2D eigenvalue weighted by atomic mass is 79.9. The summed E-state index contributed by atoms with van der Waals surface area (Å²) in [5.74, 6) is -0.329. The van der Waals surface area contributed by atoms with Crippen molar-refractivity contribution in [2.45, 2.75) is 13.5 Å². The average Bonchev–Trinajstić information content (AvgIpc) is 2.99. The van der Waals surface area contributed by atoms with Crippen LogP contribution >= 0.6 is 15.9 Å². The van der Waals surface area contributed by atoms with Crippen molar-refractivity contribution in [3.8, 4) is 0 Å². The van der Waals surface area contributed by atoms with Crippen LogP contribution in [-0.2, 0) is 11.3 Å². The Balaban J connectivity index is 1.80. The van der Waals surface area contributed by atoms with E-state index < -0.39 is 5.97 Å². The van der Waals surface area contributed by atoms with Gasteiger partial charge in [0.2, 0.25) is 5.76 Å². The number of hydrogen-bond acceptors (Lipinski definition) is 4. The average molecular weight is 335 g/mol. The van der Waals surface area contributed by atoms with E-state index in [-0.39, 0.29) is 12.4 Å². The summed E-state index contributed by atoms with van der Waals surface area (Å²) >= 11 is 3.15. The zero-order chi connectivity index (χ0) is 14.1. The molecule has 0 N–H and O–H groups in total. The molecule has 6 heteroatoms. The lowest BCUT2D eigenvalue weighted by atomic mass is 10.3. The molecule has 0 aliphatic carbocycles. The number of halogens is 1. The van der Waals surface area contributed by atoms with Gasteiger partial charge in [0.1, 0.15) is 12.3 Å². The highest BCUT2D eigenvalue weighted by Crippen LogP contribution is 2.17. The second-order valence-electron chi connectivity index (χ2n) is 4.25. The summed E-state index contributed by atoms with van der Waals surface area (Å²) in [7, 11) is 0. The van der Waals surface area contributed by atoms with Crippen molar-refractivity contribution in [1.82, 2.24) is 9.38 Å².